The first-order chi connectivity index (χ1) is 15.2. The molecule has 1 aliphatic rings. The van der Waals surface area contributed by atoms with Gasteiger partial charge in [0.15, 0.2) is 0 Å². The Balaban J connectivity index is 2.15. The standard InChI is InChI=1S/C23H23ClF4O4/c1-2-31-21(29)22(7-10-30-11-8-22)17-13-18(20(19(24)14-17)32-12-9-25)15-3-5-16(6-4-15)23(26,27)28/h3-6,13-14H,2,7-12H2,1H3. The number of rotatable bonds is 7. The number of halogens is 5. The molecule has 1 fully saturated rings. The number of benzene rings is 2. The largest absolute Gasteiger partial charge is 0.489 e. The van der Waals surface area contributed by atoms with Gasteiger partial charge in [-0.1, -0.05) is 23.7 Å². The smallest absolute Gasteiger partial charge is 0.416 e. The van der Waals surface area contributed by atoms with Crippen molar-refractivity contribution in [1.29, 1.82) is 0 Å². The number of hydrogen-bond donors (Lipinski definition) is 0. The third kappa shape index (κ3) is 5.02. The van der Waals surface area contributed by atoms with Crippen molar-refractivity contribution >= 4 is 17.6 Å². The molecule has 2 aromatic carbocycles. The van der Waals surface area contributed by atoms with Gasteiger partial charge in [0, 0.05) is 18.8 Å². The quantitative estimate of drug-likeness (QED) is 0.365. The summed E-state index contributed by atoms with van der Waals surface area (Å²) in [5, 5.41) is 0.126. The van der Waals surface area contributed by atoms with E-state index < -0.39 is 29.8 Å². The summed E-state index contributed by atoms with van der Waals surface area (Å²) in [6.45, 7) is 1.54. The minimum Gasteiger partial charge on any atom is -0.489 e. The van der Waals surface area contributed by atoms with Crippen LogP contribution >= 0.6 is 11.6 Å². The Bertz CT molecular complexity index is 938. The third-order valence-corrected chi connectivity index (χ3v) is 5.74. The molecule has 1 saturated heterocycles. The molecule has 4 nitrogen and oxygen atoms in total. The lowest BCUT2D eigenvalue weighted by atomic mass is 9.73. The SMILES string of the molecule is CCOC(=O)C1(c2cc(Cl)c(OCCF)c(-c3ccc(C(F)(F)F)cc3)c2)CCOCC1. The van der Waals surface area contributed by atoms with Crippen LogP contribution in [0, 0.1) is 0 Å². The molecule has 0 aromatic heterocycles. The zero-order valence-corrected chi connectivity index (χ0v) is 18.2. The molecule has 174 valence electrons. The molecule has 2 aromatic rings. The van der Waals surface area contributed by atoms with Crippen molar-refractivity contribution in [2.75, 3.05) is 33.1 Å². The number of ether oxygens (including phenoxy) is 3. The van der Waals surface area contributed by atoms with Crippen molar-refractivity contribution < 1.29 is 36.6 Å². The predicted octanol–water partition coefficient (Wildman–Crippen LogP) is 5.99. The zero-order valence-electron chi connectivity index (χ0n) is 17.4. The fraction of sp³-hybridized carbons (Fsp3) is 0.435. The number of carbonyl (C=O) groups is 1. The summed E-state index contributed by atoms with van der Waals surface area (Å²) in [6.07, 6.45) is -3.76. The molecule has 9 heteroatoms. The highest BCUT2D eigenvalue weighted by Crippen LogP contribution is 2.44. The first-order valence-corrected chi connectivity index (χ1v) is 10.6. The van der Waals surface area contributed by atoms with Crippen molar-refractivity contribution in [3.05, 3.63) is 52.5 Å². The van der Waals surface area contributed by atoms with Crippen LogP contribution in [0.4, 0.5) is 17.6 Å². The highest BCUT2D eigenvalue weighted by atomic mass is 35.5. The Labute approximate surface area is 188 Å². The Hall–Kier alpha value is -2.32. The maximum Gasteiger partial charge on any atom is 0.416 e. The molecule has 0 unspecified atom stereocenters. The summed E-state index contributed by atoms with van der Waals surface area (Å²) < 4.78 is 68.0. The topological polar surface area (TPSA) is 44.8 Å². The van der Waals surface area contributed by atoms with Gasteiger partial charge >= 0.3 is 12.1 Å². The van der Waals surface area contributed by atoms with Crippen molar-refractivity contribution in [3.63, 3.8) is 0 Å². The van der Waals surface area contributed by atoms with E-state index in [9.17, 15) is 22.4 Å². The molecule has 0 saturated carbocycles. The molecule has 0 spiro atoms. The number of hydrogen-bond acceptors (Lipinski definition) is 4. The molecular formula is C23H23ClF4O4. The van der Waals surface area contributed by atoms with Crippen LogP contribution in [0.1, 0.15) is 30.9 Å². The van der Waals surface area contributed by atoms with Gasteiger partial charge < -0.3 is 14.2 Å². The van der Waals surface area contributed by atoms with Crippen molar-refractivity contribution in [1.82, 2.24) is 0 Å². The lowest BCUT2D eigenvalue weighted by Gasteiger charge is -2.35. The predicted molar refractivity (Wildman–Crippen MR) is 112 cm³/mol. The van der Waals surface area contributed by atoms with Gasteiger partial charge in [0.2, 0.25) is 0 Å². The van der Waals surface area contributed by atoms with E-state index in [0.29, 0.717) is 42.7 Å². The molecule has 3 rings (SSSR count). The van der Waals surface area contributed by atoms with Crippen LogP contribution in [0.15, 0.2) is 36.4 Å². The minimum absolute atomic E-state index is 0.126. The molecule has 1 heterocycles. The minimum atomic E-state index is -4.48. The van der Waals surface area contributed by atoms with Gasteiger partial charge in [0.25, 0.3) is 0 Å². The van der Waals surface area contributed by atoms with Crippen LogP contribution in [-0.4, -0.2) is 39.1 Å². The summed E-state index contributed by atoms with van der Waals surface area (Å²) in [6, 6.07) is 7.72. The molecule has 32 heavy (non-hydrogen) atoms. The Kier molecular flexibility index (Phi) is 7.67. The normalized spacial score (nSPS) is 15.9. The third-order valence-electron chi connectivity index (χ3n) is 5.46. The highest BCUT2D eigenvalue weighted by Gasteiger charge is 2.44. The van der Waals surface area contributed by atoms with Crippen LogP contribution in [0.2, 0.25) is 5.02 Å². The summed E-state index contributed by atoms with van der Waals surface area (Å²) in [5.74, 6) is -0.283. The molecular weight excluding hydrogens is 452 g/mol. The Morgan fingerprint density at radius 2 is 1.81 bits per heavy atom. The van der Waals surface area contributed by atoms with Crippen LogP contribution in [0.5, 0.6) is 5.75 Å². The second-order valence-corrected chi connectivity index (χ2v) is 7.77. The fourth-order valence-electron chi connectivity index (χ4n) is 3.81. The van der Waals surface area contributed by atoms with E-state index in [0.717, 1.165) is 12.1 Å². The molecule has 0 atom stereocenters. The maximum atomic E-state index is 13.0. The molecule has 0 radical (unpaired) electrons. The Morgan fingerprint density at radius 3 is 2.38 bits per heavy atom. The molecule has 0 N–H and O–H groups in total. The summed E-state index contributed by atoms with van der Waals surface area (Å²) in [7, 11) is 0. The maximum absolute atomic E-state index is 13.0. The lowest BCUT2D eigenvalue weighted by molar-refractivity contribution is -0.154. The second kappa shape index (κ2) is 10.1. The van der Waals surface area contributed by atoms with E-state index in [4.69, 9.17) is 25.8 Å². The van der Waals surface area contributed by atoms with Crippen LogP contribution in [0.3, 0.4) is 0 Å². The summed E-state index contributed by atoms with van der Waals surface area (Å²) in [4.78, 5) is 13.0. The van der Waals surface area contributed by atoms with Gasteiger partial charge in [0.05, 0.1) is 22.6 Å². The van der Waals surface area contributed by atoms with Crippen LogP contribution in [0.25, 0.3) is 11.1 Å². The van der Waals surface area contributed by atoms with Gasteiger partial charge in [-0.3, -0.25) is 4.79 Å². The van der Waals surface area contributed by atoms with Crippen LogP contribution in [-0.2, 0) is 25.9 Å². The summed E-state index contributed by atoms with van der Waals surface area (Å²) in [5.41, 5.74) is -0.516. The molecule has 0 amide bonds. The van der Waals surface area contributed by atoms with E-state index in [1.807, 2.05) is 0 Å². The zero-order chi connectivity index (χ0) is 23.4. The van der Waals surface area contributed by atoms with Crippen LogP contribution < -0.4 is 4.74 Å². The van der Waals surface area contributed by atoms with E-state index in [1.165, 1.54) is 12.1 Å². The second-order valence-electron chi connectivity index (χ2n) is 7.36. The van der Waals surface area contributed by atoms with E-state index in [-0.39, 0.29) is 24.0 Å². The lowest BCUT2D eigenvalue weighted by Crippen LogP contribution is -2.42. The van der Waals surface area contributed by atoms with E-state index in [1.54, 1.807) is 19.1 Å². The van der Waals surface area contributed by atoms with Gasteiger partial charge in [-0.2, -0.15) is 13.2 Å². The van der Waals surface area contributed by atoms with Gasteiger partial charge in [0.1, 0.15) is 19.0 Å². The summed E-state index contributed by atoms with van der Waals surface area (Å²) >= 11 is 6.48. The first kappa shape index (κ1) is 24.3. The molecule has 0 aliphatic carbocycles. The van der Waals surface area contributed by atoms with Crippen molar-refractivity contribution in [3.8, 4) is 16.9 Å². The van der Waals surface area contributed by atoms with Crippen molar-refractivity contribution in [2.45, 2.75) is 31.4 Å². The molecule has 1 aliphatic heterocycles. The Morgan fingerprint density at radius 1 is 1.16 bits per heavy atom. The monoisotopic (exact) mass is 474 g/mol. The molecule has 0 bridgehead atoms. The number of carbonyl (C=O) groups excluding carboxylic acids is 1. The number of esters is 1. The van der Waals surface area contributed by atoms with E-state index >= 15 is 0 Å². The van der Waals surface area contributed by atoms with Gasteiger partial charge in [-0.05, 0) is 55.2 Å². The number of alkyl halides is 4. The fourth-order valence-corrected chi connectivity index (χ4v) is 4.08. The average Bonchev–Trinajstić information content (AvgIpc) is 2.78. The average molecular weight is 475 g/mol. The van der Waals surface area contributed by atoms with Gasteiger partial charge in [-0.25, -0.2) is 4.39 Å². The van der Waals surface area contributed by atoms with E-state index in [2.05, 4.69) is 0 Å². The highest BCUT2D eigenvalue weighted by molar-refractivity contribution is 6.32. The first-order valence-electron chi connectivity index (χ1n) is 10.2. The van der Waals surface area contributed by atoms with Gasteiger partial charge in [-0.15, -0.1) is 0 Å². The van der Waals surface area contributed by atoms with Crippen molar-refractivity contribution in [2.24, 2.45) is 0 Å².